The average Bonchev–Trinajstić information content (AvgIpc) is 2.63. The Morgan fingerprint density at radius 1 is 1.35 bits per heavy atom. The highest BCUT2D eigenvalue weighted by atomic mass is 16.2. The fourth-order valence-corrected chi connectivity index (χ4v) is 3.06. The van der Waals surface area contributed by atoms with Crippen LogP contribution in [0, 0.1) is 5.92 Å². The molecule has 0 unspecified atom stereocenters. The lowest BCUT2D eigenvalue weighted by molar-refractivity contribution is 0.0949. The molecule has 6 heteroatoms. The summed E-state index contributed by atoms with van der Waals surface area (Å²) in [7, 11) is 1.53. The van der Waals surface area contributed by atoms with Crippen LogP contribution in [0.1, 0.15) is 37.2 Å². The van der Waals surface area contributed by atoms with Crippen molar-refractivity contribution in [1.29, 1.82) is 0 Å². The van der Waals surface area contributed by atoms with E-state index < -0.39 is 5.91 Å². The first-order valence-electron chi connectivity index (χ1n) is 8.54. The number of allylic oxidation sites excluding steroid dienone is 3. The quantitative estimate of drug-likeness (QED) is 0.683. The number of hydrazone groups is 1. The molecule has 1 heterocycles. The van der Waals surface area contributed by atoms with Gasteiger partial charge in [0.1, 0.15) is 0 Å². The normalized spacial score (nSPS) is 18.7. The molecular weight excluding hydrogens is 328 g/mol. The Labute approximate surface area is 151 Å². The molecule has 0 bridgehead atoms. The molecule has 26 heavy (non-hydrogen) atoms. The van der Waals surface area contributed by atoms with E-state index in [1.165, 1.54) is 11.7 Å². The molecular formula is C20H22N4O2. The van der Waals surface area contributed by atoms with Gasteiger partial charge in [-0.15, -0.1) is 0 Å². The Morgan fingerprint density at radius 2 is 2.04 bits per heavy atom. The minimum absolute atomic E-state index is 0.181. The van der Waals surface area contributed by atoms with Crippen LogP contribution < -0.4 is 11.0 Å². The first kappa shape index (κ1) is 17.8. The molecule has 0 fully saturated rings. The maximum absolute atomic E-state index is 12.7. The van der Waals surface area contributed by atoms with Crippen LogP contribution in [0.2, 0.25) is 0 Å². The number of hydrogen-bond donors (Lipinski definition) is 1. The van der Waals surface area contributed by atoms with E-state index in [-0.39, 0.29) is 11.3 Å². The second kappa shape index (κ2) is 7.07. The third-order valence-corrected chi connectivity index (χ3v) is 4.76. The van der Waals surface area contributed by atoms with Gasteiger partial charge in [0.2, 0.25) is 0 Å². The summed E-state index contributed by atoms with van der Waals surface area (Å²) in [6, 6.07) is 6.94. The highest BCUT2D eigenvalue weighted by molar-refractivity contribution is 6.06. The predicted molar refractivity (Wildman–Crippen MR) is 103 cm³/mol. The van der Waals surface area contributed by atoms with Crippen LogP contribution in [0.4, 0.5) is 0 Å². The third-order valence-electron chi connectivity index (χ3n) is 4.76. The van der Waals surface area contributed by atoms with E-state index in [2.05, 4.69) is 28.3 Å². The lowest BCUT2D eigenvalue weighted by Gasteiger charge is -2.22. The average molecular weight is 350 g/mol. The first-order valence-corrected chi connectivity index (χ1v) is 8.54. The molecule has 1 aliphatic carbocycles. The van der Waals surface area contributed by atoms with E-state index in [4.69, 9.17) is 0 Å². The van der Waals surface area contributed by atoms with Crippen LogP contribution in [0.25, 0.3) is 10.8 Å². The molecule has 1 amide bonds. The summed E-state index contributed by atoms with van der Waals surface area (Å²) >= 11 is 0. The molecule has 1 atom stereocenters. The van der Waals surface area contributed by atoms with Crippen molar-refractivity contribution in [2.75, 3.05) is 0 Å². The number of amides is 1. The number of aryl methyl sites for hydroxylation is 1. The second-order valence-electron chi connectivity index (χ2n) is 6.69. The third kappa shape index (κ3) is 3.35. The van der Waals surface area contributed by atoms with E-state index in [0.29, 0.717) is 16.7 Å². The van der Waals surface area contributed by atoms with Gasteiger partial charge in [-0.25, -0.2) is 10.1 Å². The molecule has 0 aliphatic heterocycles. The number of rotatable bonds is 3. The van der Waals surface area contributed by atoms with E-state index in [0.717, 1.165) is 29.7 Å². The summed E-state index contributed by atoms with van der Waals surface area (Å²) in [6.45, 7) is 8.01. The summed E-state index contributed by atoms with van der Waals surface area (Å²) in [5, 5.41) is 9.41. The van der Waals surface area contributed by atoms with Gasteiger partial charge < -0.3 is 0 Å². The van der Waals surface area contributed by atoms with Crippen LogP contribution in [-0.4, -0.2) is 21.4 Å². The Balaban J connectivity index is 1.92. The molecule has 0 radical (unpaired) electrons. The fourth-order valence-electron chi connectivity index (χ4n) is 3.06. The van der Waals surface area contributed by atoms with Gasteiger partial charge in [0.25, 0.3) is 11.5 Å². The van der Waals surface area contributed by atoms with Gasteiger partial charge in [-0.05, 0) is 44.2 Å². The van der Waals surface area contributed by atoms with Crippen LogP contribution in [0.5, 0.6) is 0 Å². The van der Waals surface area contributed by atoms with Crippen molar-refractivity contribution in [2.45, 2.75) is 26.7 Å². The summed E-state index contributed by atoms with van der Waals surface area (Å²) in [4.78, 5) is 24.8. The summed E-state index contributed by atoms with van der Waals surface area (Å²) in [5.74, 6) is -0.0968. The number of nitrogens with zero attached hydrogens (tertiary/aromatic N) is 3. The lowest BCUT2D eigenvalue weighted by Crippen LogP contribution is -2.28. The minimum Gasteiger partial charge on any atom is -0.267 e. The van der Waals surface area contributed by atoms with Gasteiger partial charge in [0, 0.05) is 12.4 Å². The topological polar surface area (TPSA) is 76.3 Å². The van der Waals surface area contributed by atoms with Crippen molar-refractivity contribution in [3.63, 3.8) is 0 Å². The first-order chi connectivity index (χ1) is 12.4. The zero-order valence-electron chi connectivity index (χ0n) is 15.2. The van der Waals surface area contributed by atoms with Gasteiger partial charge >= 0.3 is 0 Å². The van der Waals surface area contributed by atoms with E-state index in [1.807, 2.05) is 13.8 Å². The molecule has 0 saturated heterocycles. The molecule has 1 aromatic heterocycles. The SMILES string of the molecule is C=C(C)[C@H]1CC=C(C)C(=NNC(=O)c2nn(C)c(=O)c3ccccc23)C1. The van der Waals surface area contributed by atoms with Crippen molar-refractivity contribution < 1.29 is 4.79 Å². The standard InChI is InChI=1S/C20H22N4O2/c1-12(2)14-10-9-13(3)17(11-14)21-22-19(25)18-15-7-5-6-8-16(15)20(26)24(4)23-18/h5-9,14H,1,10-11H2,2-4H3,(H,22,25)/t14-/m0/s1. The van der Waals surface area contributed by atoms with Crippen LogP contribution >= 0.6 is 0 Å². The van der Waals surface area contributed by atoms with Gasteiger partial charge in [0.05, 0.1) is 11.1 Å². The molecule has 1 aromatic carbocycles. The van der Waals surface area contributed by atoms with Crippen molar-refractivity contribution in [3.05, 3.63) is 64.1 Å². The smallest absolute Gasteiger partial charge is 0.267 e. The van der Waals surface area contributed by atoms with Crippen LogP contribution in [0.3, 0.4) is 0 Å². The summed E-state index contributed by atoms with van der Waals surface area (Å²) < 4.78 is 1.17. The lowest BCUT2D eigenvalue weighted by atomic mass is 9.85. The zero-order chi connectivity index (χ0) is 18.8. The largest absolute Gasteiger partial charge is 0.292 e. The Bertz CT molecular complexity index is 1010. The van der Waals surface area contributed by atoms with Crippen LogP contribution in [-0.2, 0) is 7.05 Å². The Kier molecular flexibility index (Phi) is 4.84. The van der Waals surface area contributed by atoms with Crippen molar-refractivity contribution in [1.82, 2.24) is 15.2 Å². The number of benzene rings is 1. The molecule has 134 valence electrons. The van der Waals surface area contributed by atoms with Crippen molar-refractivity contribution in [3.8, 4) is 0 Å². The Hall–Kier alpha value is -3.02. The fraction of sp³-hybridized carbons (Fsp3) is 0.300. The highest BCUT2D eigenvalue weighted by Crippen LogP contribution is 2.26. The van der Waals surface area contributed by atoms with E-state index >= 15 is 0 Å². The van der Waals surface area contributed by atoms with Crippen molar-refractivity contribution in [2.24, 2.45) is 18.1 Å². The number of nitrogens with one attached hydrogen (secondary N) is 1. The second-order valence-corrected chi connectivity index (χ2v) is 6.69. The number of aromatic nitrogens is 2. The molecule has 2 aromatic rings. The molecule has 1 N–H and O–H groups in total. The van der Waals surface area contributed by atoms with Crippen molar-refractivity contribution >= 4 is 22.4 Å². The predicted octanol–water partition coefficient (Wildman–Crippen LogP) is 2.95. The zero-order valence-corrected chi connectivity index (χ0v) is 15.2. The van der Waals surface area contributed by atoms with E-state index in [9.17, 15) is 9.59 Å². The number of hydrogen-bond acceptors (Lipinski definition) is 4. The molecule has 3 rings (SSSR count). The number of carbonyl (C=O) groups excluding carboxylic acids is 1. The monoisotopic (exact) mass is 350 g/mol. The van der Waals surface area contributed by atoms with Gasteiger partial charge in [-0.3, -0.25) is 9.59 Å². The number of fused-ring (bicyclic) bond motifs is 1. The highest BCUT2D eigenvalue weighted by Gasteiger charge is 2.20. The molecule has 6 nitrogen and oxygen atoms in total. The van der Waals surface area contributed by atoms with Crippen LogP contribution in [0.15, 0.2) is 58.0 Å². The van der Waals surface area contributed by atoms with Gasteiger partial charge in [-0.1, -0.05) is 36.4 Å². The maximum atomic E-state index is 12.7. The molecule has 0 spiro atoms. The number of carbonyl (C=O) groups is 1. The molecule has 0 saturated carbocycles. The Morgan fingerprint density at radius 3 is 2.73 bits per heavy atom. The molecule has 1 aliphatic rings. The maximum Gasteiger partial charge on any atom is 0.292 e. The van der Waals surface area contributed by atoms with E-state index in [1.54, 1.807) is 24.3 Å². The van der Waals surface area contributed by atoms with Gasteiger partial charge in [-0.2, -0.15) is 10.2 Å². The summed E-state index contributed by atoms with van der Waals surface area (Å²) in [5.41, 5.74) is 5.55. The van der Waals surface area contributed by atoms with Gasteiger partial charge in [0.15, 0.2) is 5.69 Å². The summed E-state index contributed by atoms with van der Waals surface area (Å²) in [6.07, 6.45) is 3.81. The minimum atomic E-state index is -0.436.